The maximum atomic E-state index is 12.7. The third kappa shape index (κ3) is 6.51. The summed E-state index contributed by atoms with van der Waals surface area (Å²) in [4.78, 5) is 24.8. The summed E-state index contributed by atoms with van der Waals surface area (Å²) in [5.74, 6) is -1.07. The van der Waals surface area contributed by atoms with Gasteiger partial charge in [0.05, 0.1) is 5.94 Å². The first-order chi connectivity index (χ1) is 11.9. The Morgan fingerprint density at radius 2 is 1.80 bits per heavy atom. The van der Waals surface area contributed by atoms with E-state index in [4.69, 9.17) is 0 Å². The van der Waals surface area contributed by atoms with Crippen LogP contribution < -0.4 is 10.6 Å². The minimum Gasteiger partial charge on any atom is -0.426 e. The number of carbonyl (C=O) groups excluding carboxylic acids is 2. The van der Waals surface area contributed by atoms with Crippen molar-refractivity contribution in [3.8, 4) is 0 Å². The molecule has 0 heterocycles. The van der Waals surface area contributed by atoms with Gasteiger partial charge in [-0.25, -0.2) is 0 Å². The van der Waals surface area contributed by atoms with Gasteiger partial charge in [0.2, 0.25) is 11.8 Å². The zero-order valence-corrected chi connectivity index (χ0v) is 14.8. The van der Waals surface area contributed by atoms with E-state index < -0.39 is 25.0 Å². The monoisotopic (exact) mass is 346 g/mol. The summed E-state index contributed by atoms with van der Waals surface area (Å²) in [5.41, 5.74) is 0.934. The molecule has 2 atom stereocenters. The van der Waals surface area contributed by atoms with Crippen molar-refractivity contribution in [3.05, 3.63) is 35.9 Å². The number of nitrogens with one attached hydrogen (secondary N) is 2. The van der Waals surface area contributed by atoms with Crippen LogP contribution in [0.2, 0.25) is 0 Å². The van der Waals surface area contributed by atoms with Crippen molar-refractivity contribution < 1.29 is 19.6 Å². The summed E-state index contributed by atoms with van der Waals surface area (Å²) in [6.07, 6.45) is 2.52. The Hall–Kier alpha value is -1.86. The van der Waals surface area contributed by atoms with Crippen LogP contribution in [0.4, 0.5) is 0 Å². The molecule has 0 bridgehead atoms. The molecule has 0 aromatic heterocycles. The molecule has 0 aliphatic heterocycles. The van der Waals surface area contributed by atoms with E-state index in [1.807, 2.05) is 44.2 Å². The summed E-state index contributed by atoms with van der Waals surface area (Å²) in [6, 6.07) is 8.72. The lowest BCUT2D eigenvalue weighted by atomic mass is 9.75. The minimum atomic E-state index is -1.64. The Labute approximate surface area is 149 Å². The van der Waals surface area contributed by atoms with Crippen LogP contribution in [-0.4, -0.2) is 41.0 Å². The van der Waals surface area contributed by atoms with E-state index in [1.165, 1.54) is 0 Å². The molecule has 25 heavy (non-hydrogen) atoms. The lowest BCUT2D eigenvalue weighted by molar-refractivity contribution is -0.129. The van der Waals surface area contributed by atoms with Gasteiger partial charge < -0.3 is 20.7 Å². The number of hydrogen-bond acceptors (Lipinski definition) is 4. The van der Waals surface area contributed by atoms with Crippen LogP contribution >= 0.6 is 0 Å². The molecular weight excluding hydrogens is 319 g/mol. The molecule has 7 heteroatoms. The van der Waals surface area contributed by atoms with E-state index in [-0.39, 0.29) is 17.7 Å². The summed E-state index contributed by atoms with van der Waals surface area (Å²) >= 11 is 0. The molecule has 6 nitrogen and oxygen atoms in total. The molecule has 0 unspecified atom stereocenters. The topological polar surface area (TPSA) is 98.7 Å². The molecule has 2 rings (SSSR count). The quantitative estimate of drug-likeness (QED) is 0.494. The Kier molecular flexibility index (Phi) is 7.02. The second kappa shape index (κ2) is 9.01. The molecule has 4 N–H and O–H groups in total. The molecule has 1 aliphatic carbocycles. The highest BCUT2D eigenvalue weighted by Crippen LogP contribution is 2.29. The molecule has 0 radical (unpaired) electrons. The van der Waals surface area contributed by atoms with Crippen LogP contribution in [0, 0.1) is 11.8 Å². The van der Waals surface area contributed by atoms with Gasteiger partial charge in [-0.3, -0.25) is 9.59 Å². The van der Waals surface area contributed by atoms with E-state index in [1.54, 1.807) is 0 Å². The highest BCUT2D eigenvalue weighted by atomic mass is 16.4. The maximum Gasteiger partial charge on any atom is 0.475 e. The fraction of sp³-hybridized carbons (Fsp3) is 0.556. The Morgan fingerprint density at radius 3 is 2.32 bits per heavy atom. The van der Waals surface area contributed by atoms with Gasteiger partial charge in [-0.2, -0.15) is 0 Å². The Bertz CT molecular complexity index is 576. The average molecular weight is 346 g/mol. The van der Waals surface area contributed by atoms with E-state index in [2.05, 4.69) is 10.6 Å². The van der Waals surface area contributed by atoms with E-state index >= 15 is 0 Å². The lowest BCUT2D eigenvalue weighted by Gasteiger charge is -2.24. The van der Waals surface area contributed by atoms with Crippen molar-refractivity contribution in [3.63, 3.8) is 0 Å². The van der Waals surface area contributed by atoms with Crippen molar-refractivity contribution in [1.82, 2.24) is 10.6 Å². The fourth-order valence-electron chi connectivity index (χ4n) is 2.74. The normalized spacial score (nSPS) is 16.2. The molecule has 1 aromatic carbocycles. The molecule has 1 aliphatic rings. The predicted octanol–water partition coefficient (Wildman–Crippen LogP) is 0.667. The largest absolute Gasteiger partial charge is 0.475 e. The van der Waals surface area contributed by atoms with Crippen LogP contribution in [-0.2, 0) is 16.0 Å². The number of hydrogen-bond donors (Lipinski definition) is 4. The molecule has 136 valence electrons. The second-order valence-electron chi connectivity index (χ2n) is 7.18. The zero-order valence-electron chi connectivity index (χ0n) is 14.8. The first kappa shape index (κ1) is 19.5. The molecule has 2 amide bonds. The van der Waals surface area contributed by atoms with Crippen molar-refractivity contribution in [1.29, 1.82) is 0 Å². The first-order valence-corrected chi connectivity index (χ1v) is 8.87. The molecule has 1 aromatic rings. The summed E-state index contributed by atoms with van der Waals surface area (Å²) in [7, 11) is -1.64. The van der Waals surface area contributed by atoms with Gasteiger partial charge in [-0.1, -0.05) is 44.2 Å². The average Bonchev–Trinajstić information content (AvgIpc) is 3.39. The van der Waals surface area contributed by atoms with Crippen molar-refractivity contribution >= 4 is 18.9 Å². The van der Waals surface area contributed by atoms with Crippen molar-refractivity contribution in [2.24, 2.45) is 11.8 Å². The van der Waals surface area contributed by atoms with Gasteiger partial charge >= 0.3 is 7.12 Å². The zero-order chi connectivity index (χ0) is 18.4. The first-order valence-electron chi connectivity index (χ1n) is 8.87. The summed E-state index contributed by atoms with van der Waals surface area (Å²) in [6.45, 7) is 3.88. The summed E-state index contributed by atoms with van der Waals surface area (Å²) in [5, 5.41) is 24.5. The molecule has 1 saturated carbocycles. The minimum absolute atomic E-state index is 0.000895. The Balaban J connectivity index is 2.06. The smallest absolute Gasteiger partial charge is 0.426 e. The fourth-order valence-corrected chi connectivity index (χ4v) is 2.74. The van der Waals surface area contributed by atoms with Crippen LogP contribution in [0.25, 0.3) is 0 Å². The standard InChI is InChI=1S/C18H27BN2O4/c1-12(2)10-16(19(24)25)21-18(23)15(20-17(22)14-8-9-14)11-13-6-4-3-5-7-13/h3-7,12,14-16,24-25H,8-11H2,1-2H3,(H,20,22)(H,21,23)/t15-,16-/m0/s1. The highest BCUT2D eigenvalue weighted by Gasteiger charge is 2.34. The highest BCUT2D eigenvalue weighted by molar-refractivity contribution is 6.43. The van der Waals surface area contributed by atoms with Crippen LogP contribution in [0.1, 0.15) is 38.7 Å². The second-order valence-corrected chi connectivity index (χ2v) is 7.18. The van der Waals surface area contributed by atoms with E-state index in [9.17, 15) is 19.6 Å². The van der Waals surface area contributed by atoms with Gasteiger partial charge in [0.15, 0.2) is 0 Å². The van der Waals surface area contributed by atoms with Gasteiger partial charge in [-0.15, -0.1) is 0 Å². The molecule has 1 fully saturated rings. The molecule has 0 spiro atoms. The number of benzene rings is 1. The van der Waals surface area contributed by atoms with Gasteiger partial charge in [-0.05, 0) is 30.7 Å². The summed E-state index contributed by atoms with van der Waals surface area (Å²) < 4.78 is 0. The van der Waals surface area contributed by atoms with Crippen LogP contribution in [0.15, 0.2) is 30.3 Å². The number of amides is 2. The number of rotatable bonds is 9. The van der Waals surface area contributed by atoms with Gasteiger partial charge in [0, 0.05) is 12.3 Å². The van der Waals surface area contributed by atoms with Gasteiger partial charge in [0.1, 0.15) is 6.04 Å². The third-order valence-electron chi connectivity index (χ3n) is 4.28. The predicted molar refractivity (Wildman–Crippen MR) is 96.4 cm³/mol. The van der Waals surface area contributed by atoms with Crippen LogP contribution in [0.3, 0.4) is 0 Å². The number of carbonyl (C=O) groups is 2. The Morgan fingerprint density at radius 1 is 1.16 bits per heavy atom. The van der Waals surface area contributed by atoms with Gasteiger partial charge in [0.25, 0.3) is 0 Å². The van der Waals surface area contributed by atoms with E-state index in [0.29, 0.717) is 12.8 Å². The lowest BCUT2D eigenvalue weighted by Crippen LogP contribution is -2.55. The molecular formula is C18H27BN2O4. The van der Waals surface area contributed by atoms with Crippen LogP contribution in [0.5, 0.6) is 0 Å². The maximum absolute atomic E-state index is 12.7. The van der Waals surface area contributed by atoms with Crippen molar-refractivity contribution in [2.75, 3.05) is 0 Å². The molecule has 0 saturated heterocycles. The van der Waals surface area contributed by atoms with Crippen molar-refractivity contribution in [2.45, 2.75) is 51.5 Å². The third-order valence-corrected chi connectivity index (χ3v) is 4.28. The van der Waals surface area contributed by atoms with E-state index in [0.717, 1.165) is 18.4 Å². The SMILES string of the molecule is CC(C)C[C@H](NC(=O)[C@H](Cc1ccccc1)NC(=O)C1CC1)B(O)O.